The molecule has 0 aliphatic heterocycles. The van der Waals surface area contributed by atoms with Crippen LogP contribution in [0.25, 0.3) is 0 Å². The lowest BCUT2D eigenvalue weighted by Gasteiger charge is -2.19. The monoisotopic (exact) mass is 333 g/mol. The molecule has 1 aromatic carbocycles. The first-order valence-corrected chi connectivity index (χ1v) is 7.90. The second kappa shape index (κ2) is 7.33. The van der Waals surface area contributed by atoms with Crippen molar-refractivity contribution in [3.05, 3.63) is 29.8 Å². The number of nitrogens with one attached hydrogen (secondary N) is 3. The fraction of sp³-hybridized carbons (Fsp3) is 0.471. The standard InChI is InChI=1S/C17H23N3O4/c1-17(2,3)24-16(23)20-13-6-4-11(5-7-13)15(22)18-10-14(21)19-12-8-9-12/h4-7,12H,8-10H2,1-3H3,(H,18,22)(H,19,21)(H,20,23). The molecule has 7 nitrogen and oxygen atoms in total. The Bertz CT molecular complexity index is 616. The molecule has 0 spiro atoms. The van der Waals surface area contributed by atoms with E-state index in [0.717, 1.165) is 12.8 Å². The largest absolute Gasteiger partial charge is 0.444 e. The Hall–Kier alpha value is -2.57. The van der Waals surface area contributed by atoms with E-state index in [2.05, 4.69) is 16.0 Å². The van der Waals surface area contributed by atoms with Crippen LogP contribution in [0.5, 0.6) is 0 Å². The van der Waals surface area contributed by atoms with Crippen molar-refractivity contribution in [2.24, 2.45) is 0 Å². The van der Waals surface area contributed by atoms with Crippen LogP contribution in [0.4, 0.5) is 10.5 Å². The van der Waals surface area contributed by atoms with Gasteiger partial charge in [-0.1, -0.05) is 0 Å². The molecule has 0 atom stereocenters. The zero-order valence-electron chi connectivity index (χ0n) is 14.1. The van der Waals surface area contributed by atoms with Gasteiger partial charge < -0.3 is 15.4 Å². The van der Waals surface area contributed by atoms with Crippen molar-refractivity contribution in [2.75, 3.05) is 11.9 Å². The lowest BCUT2D eigenvalue weighted by Crippen LogP contribution is -2.37. The number of benzene rings is 1. The third-order valence-electron chi connectivity index (χ3n) is 3.14. The summed E-state index contributed by atoms with van der Waals surface area (Å²) in [6, 6.07) is 6.61. The second-order valence-electron chi connectivity index (χ2n) is 6.73. The van der Waals surface area contributed by atoms with E-state index in [-0.39, 0.29) is 24.4 Å². The summed E-state index contributed by atoms with van der Waals surface area (Å²) in [5, 5.41) is 7.94. The predicted octanol–water partition coefficient (Wildman–Crippen LogP) is 2.04. The van der Waals surface area contributed by atoms with Crippen molar-refractivity contribution in [2.45, 2.75) is 45.3 Å². The Balaban J connectivity index is 1.80. The van der Waals surface area contributed by atoms with Crippen molar-refractivity contribution < 1.29 is 19.1 Å². The molecule has 0 heterocycles. The third-order valence-corrected chi connectivity index (χ3v) is 3.14. The molecular weight excluding hydrogens is 310 g/mol. The Labute approximate surface area is 141 Å². The van der Waals surface area contributed by atoms with E-state index < -0.39 is 11.7 Å². The van der Waals surface area contributed by atoms with Crippen LogP contribution in [0.15, 0.2) is 24.3 Å². The average molecular weight is 333 g/mol. The summed E-state index contributed by atoms with van der Waals surface area (Å²) in [6.45, 7) is 5.28. The lowest BCUT2D eigenvalue weighted by molar-refractivity contribution is -0.120. The third kappa shape index (κ3) is 6.28. The Morgan fingerprint density at radius 3 is 2.29 bits per heavy atom. The molecule has 1 aliphatic carbocycles. The highest BCUT2D eigenvalue weighted by Crippen LogP contribution is 2.18. The molecule has 0 unspecified atom stereocenters. The summed E-state index contributed by atoms with van der Waals surface area (Å²) in [5.74, 6) is -0.529. The van der Waals surface area contributed by atoms with Gasteiger partial charge in [0.25, 0.3) is 5.91 Å². The lowest BCUT2D eigenvalue weighted by atomic mass is 10.2. The molecule has 0 radical (unpaired) electrons. The van der Waals surface area contributed by atoms with Gasteiger partial charge >= 0.3 is 6.09 Å². The normalized spacial score (nSPS) is 13.8. The van der Waals surface area contributed by atoms with E-state index in [9.17, 15) is 14.4 Å². The van der Waals surface area contributed by atoms with Crippen LogP contribution in [-0.2, 0) is 9.53 Å². The summed E-state index contributed by atoms with van der Waals surface area (Å²) in [6.07, 6.45) is 1.45. The first-order valence-electron chi connectivity index (χ1n) is 7.90. The number of hydrogen-bond donors (Lipinski definition) is 3. The van der Waals surface area contributed by atoms with Crippen molar-refractivity contribution in [3.63, 3.8) is 0 Å². The highest BCUT2D eigenvalue weighted by Gasteiger charge is 2.23. The molecule has 2 rings (SSSR count). The molecule has 24 heavy (non-hydrogen) atoms. The van der Waals surface area contributed by atoms with E-state index in [0.29, 0.717) is 11.3 Å². The number of carbonyl (C=O) groups is 3. The summed E-state index contributed by atoms with van der Waals surface area (Å²) in [7, 11) is 0. The van der Waals surface area contributed by atoms with Gasteiger partial charge in [0.15, 0.2) is 0 Å². The summed E-state index contributed by atoms with van der Waals surface area (Å²) >= 11 is 0. The second-order valence-corrected chi connectivity index (χ2v) is 6.73. The van der Waals surface area contributed by atoms with Gasteiger partial charge in [0.05, 0.1) is 6.54 Å². The zero-order valence-corrected chi connectivity index (χ0v) is 14.1. The number of amides is 3. The van der Waals surface area contributed by atoms with E-state index in [1.807, 2.05) is 0 Å². The minimum atomic E-state index is -0.578. The maximum absolute atomic E-state index is 12.0. The molecule has 1 aromatic rings. The van der Waals surface area contributed by atoms with Crippen molar-refractivity contribution in [1.82, 2.24) is 10.6 Å². The molecule has 1 saturated carbocycles. The van der Waals surface area contributed by atoms with Crippen LogP contribution in [-0.4, -0.2) is 36.1 Å². The molecule has 130 valence electrons. The van der Waals surface area contributed by atoms with Gasteiger partial charge in [0.1, 0.15) is 5.60 Å². The molecule has 1 fully saturated rings. The number of rotatable bonds is 5. The minimum Gasteiger partial charge on any atom is -0.444 e. The van der Waals surface area contributed by atoms with Crippen LogP contribution in [0.2, 0.25) is 0 Å². The van der Waals surface area contributed by atoms with Gasteiger partial charge in [0.2, 0.25) is 5.91 Å². The highest BCUT2D eigenvalue weighted by atomic mass is 16.6. The zero-order chi connectivity index (χ0) is 17.7. The van der Waals surface area contributed by atoms with Crippen LogP contribution in [0, 0.1) is 0 Å². The van der Waals surface area contributed by atoms with E-state index in [1.165, 1.54) is 0 Å². The van der Waals surface area contributed by atoms with Crippen LogP contribution >= 0.6 is 0 Å². The number of carbonyl (C=O) groups excluding carboxylic acids is 3. The highest BCUT2D eigenvalue weighted by molar-refractivity contribution is 5.97. The number of ether oxygens (including phenoxy) is 1. The van der Waals surface area contributed by atoms with Gasteiger partial charge in [-0.05, 0) is 57.9 Å². The van der Waals surface area contributed by atoms with Crippen LogP contribution in [0.3, 0.4) is 0 Å². The predicted molar refractivity (Wildman–Crippen MR) is 89.8 cm³/mol. The van der Waals surface area contributed by atoms with Gasteiger partial charge in [-0.3, -0.25) is 14.9 Å². The summed E-state index contributed by atoms with van der Waals surface area (Å²) in [4.78, 5) is 35.2. The summed E-state index contributed by atoms with van der Waals surface area (Å²) < 4.78 is 5.15. The van der Waals surface area contributed by atoms with Crippen molar-refractivity contribution in [3.8, 4) is 0 Å². The first kappa shape index (κ1) is 17.8. The average Bonchev–Trinajstić information content (AvgIpc) is 3.27. The van der Waals surface area contributed by atoms with E-state index in [4.69, 9.17) is 4.74 Å². The molecule has 0 bridgehead atoms. The first-order chi connectivity index (χ1) is 11.2. The number of hydrogen-bond acceptors (Lipinski definition) is 4. The minimum absolute atomic E-state index is 0.0484. The van der Waals surface area contributed by atoms with Gasteiger partial charge in [-0.2, -0.15) is 0 Å². The maximum atomic E-state index is 12.0. The van der Waals surface area contributed by atoms with Crippen molar-refractivity contribution >= 4 is 23.6 Å². The molecule has 0 aromatic heterocycles. The molecule has 1 aliphatic rings. The van der Waals surface area contributed by atoms with Gasteiger partial charge in [0, 0.05) is 17.3 Å². The van der Waals surface area contributed by atoms with Crippen LogP contribution in [0.1, 0.15) is 44.0 Å². The van der Waals surface area contributed by atoms with E-state index in [1.54, 1.807) is 45.0 Å². The summed E-state index contributed by atoms with van der Waals surface area (Å²) in [5.41, 5.74) is 0.349. The Kier molecular flexibility index (Phi) is 5.43. The van der Waals surface area contributed by atoms with Crippen molar-refractivity contribution in [1.29, 1.82) is 0 Å². The molecule has 7 heteroatoms. The Morgan fingerprint density at radius 2 is 1.75 bits per heavy atom. The Morgan fingerprint density at radius 1 is 1.12 bits per heavy atom. The quantitative estimate of drug-likeness (QED) is 0.768. The molecule has 3 N–H and O–H groups in total. The van der Waals surface area contributed by atoms with Gasteiger partial charge in [-0.25, -0.2) is 4.79 Å². The van der Waals surface area contributed by atoms with Gasteiger partial charge in [-0.15, -0.1) is 0 Å². The van der Waals surface area contributed by atoms with E-state index >= 15 is 0 Å². The maximum Gasteiger partial charge on any atom is 0.412 e. The molecular formula is C17H23N3O4. The fourth-order valence-corrected chi connectivity index (χ4v) is 1.90. The smallest absolute Gasteiger partial charge is 0.412 e. The topological polar surface area (TPSA) is 96.5 Å². The molecule has 3 amide bonds. The fourth-order valence-electron chi connectivity index (χ4n) is 1.90. The van der Waals surface area contributed by atoms with Crippen LogP contribution < -0.4 is 16.0 Å². The molecule has 0 saturated heterocycles. The SMILES string of the molecule is CC(C)(C)OC(=O)Nc1ccc(C(=O)NCC(=O)NC2CC2)cc1. The number of anilines is 1.